The summed E-state index contributed by atoms with van der Waals surface area (Å²) in [6.07, 6.45) is 3.45. The quantitative estimate of drug-likeness (QED) is 0.654. The number of hydrogen-bond donors (Lipinski definition) is 1. The Morgan fingerprint density at radius 1 is 1.16 bits per heavy atom. The number of amides is 1. The second-order valence-electron chi connectivity index (χ2n) is 9.21. The van der Waals surface area contributed by atoms with Crippen molar-refractivity contribution in [1.82, 2.24) is 9.88 Å². The minimum Gasteiger partial charge on any atom is -0.383 e. The van der Waals surface area contributed by atoms with E-state index in [1.807, 2.05) is 25.1 Å². The van der Waals surface area contributed by atoms with Crippen molar-refractivity contribution < 1.29 is 9.53 Å². The zero-order valence-corrected chi connectivity index (χ0v) is 17.8. The first kappa shape index (κ1) is 18.8. The van der Waals surface area contributed by atoms with E-state index in [9.17, 15) is 4.79 Å². The fraction of sp³-hybridized carbons (Fsp3) is 0.385. The second-order valence-corrected chi connectivity index (χ2v) is 9.21. The van der Waals surface area contributed by atoms with Crippen molar-refractivity contribution in [3.63, 3.8) is 0 Å². The van der Waals surface area contributed by atoms with Gasteiger partial charge in [-0.05, 0) is 55.0 Å². The maximum Gasteiger partial charge on any atom is 0.254 e. The molecular weight excluding hydrogens is 386 g/mol. The van der Waals surface area contributed by atoms with Crippen LogP contribution in [0.2, 0.25) is 0 Å². The molecule has 3 aliphatic rings. The van der Waals surface area contributed by atoms with Gasteiger partial charge in [0.15, 0.2) is 0 Å². The number of hydrogen-bond acceptors (Lipinski definition) is 4. The van der Waals surface area contributed by atoms with Crippen LogP contribution in [0.15, 0.2) is 48.5 Å². The lowest BCUT2D eigenvalue weighted by atomic mass is 9.87. The average molecular weight is 414 g/mol. The number of carbonyl (C=O) groups is 1. The third kappa shape index (κ3) is 2.87. The predicted octanol–water partition coefficient (Wildman–Crippen LogP) is 4.82. The van der Waals surface area contributed by atoms with Gasteiger partial charge in [-0.15, -0.1) is 0 Å². The van der Waals surface area contributed by atoms with Crippen LogP contribution in [0.4, 0.5) is 5.82 Å². The minimum absolute atomic E-state index is 0.0595. The molecule has 1 saturated carbocycles. The van der Waals surface area contributed by atoms with Gasteiger partial charge in [-0.25, -0.2) is 4.98 Å². The second kappa shape index (κ2) is 7.06. The summed E-state index contributed by atoms with van der Waals surface area (Å²) in [5.74, 6) is 1.66. The smallest absolute Gasteiger partial charge is 0.254 e. The fourth-order valence-electron chi connectivity index (χ4n) is 6.16. The fourth-order valence-corrected chi connectivity index (χ4v) is 6.16. The van der Waals surface area contributed by atoms with Gasteiger partial charge in [-0.1, -0.05) is 36.8 Å². The van der Waals surface area contributed by atoms with E-state index in [1.165, 1.54) is 18.4 Å². The summed E-state index contributed by atoms with van der Waals surface area (Å²) in [6, 6.07) is 16.9. The summed E-state index contributed by atoms with van der Waals surface area (Å²) in [6.45, 7) is 3.31. The van der Waals surface area contributed by atoms with Crippen LogP contribution in [0, 0.1) is 5.92 Å². The number of aromatic nitrogens is 1. The number of likely N-dealkylation sites (tertiary alicyclic amines) is 1. The number of nitrogens with two attached hydrogens (primary N) is 1. The summed E-state index contributed by atoms with van der Waals surface area (Å²) in [7, 11) is 0. The van der Waals surface area contributed by atoms with Crippen molar-refractivity contribution in [2.24, 2.45) is 5.92 Å². The van der Waals surface area contributed by atoms with Crippen molar-refractivity contribution in [3.8, 4) is 0 Å². The number of benzene rings is 2. The van der Waals surface area contributed by atoms with Crippen molar-refractivity contribution in [2.45, 2.75) is 50.9 Å². The summed E-state index contributed by atoms with van der Waals surface area (Å²) in [4.78, 5) is 20.4. The van der Waals surface area contributed by atoms with Crippen molar-refractivity contribution in [1.29, 1.82) is 0 Å². The summed E-state index contributed by atoms with van der Waals surface area (Å²) >= 11 is 0. The first-order valence-corrected chi connectivity index (χ1v) is 11.3. The Bertz CT molecular complexity index is 1180. The van der Waals surface area contributed by atoms with Crippen LogP contribution < -0.4 is 5.73 Å². The standard InChI is InChI=1S/C26H27N3O2/c1-15-24-21(14-31-15)19-12-17(10-11-22(19)28-25(24)27)26(30)29-13-20(16-6-3-2-4-7-16)18-8-5-9-23(18)29/h2-4,6-7,10-12,15,18,20,23H,5,8-9,13-14H2,1H3,(H2,27,28)/t15-,18-,20+,23-/m1/s1. The number of fused-ring (bicyclic) bond motifs is 4. The van der Waals surface area contributed by atoms with Crippen LogP contribution >= 0.6 is 0 Å². The number of nitrogen functional groups attached to an aromatic ring is 1. The molecule has 3 heterocycles. The largest absolute Gasteiger partial charge is 0.383 e. The normalized spacial score (nSPS) is 26.9. The van der Waals surface area contributed by atoms with Gasteiger partial charge in [0.25, 0.3) is 5.91 Å². The molecule has 158 valence electrons. The maximum atomic E-state index is 13.7. The van der Waals surface area contributed by atoms with Crippen LogP contribution in [0.5, 0.6) is 0 Å². The van der Waals surface area contributed by atoms with Crippen molar-refractivity contribution >= 4 is 22.6 Å². The molecule has 5 nitrogen and oxygen atoms in total. The Labute approximate surface area is 182 Å². The molecule has 0 bridgehead atoms. The molecule has 1 saturated heterocycles. The minimum atomic E-state index is -0.0595. The summed E-state index contributed by atoms with van der Waals surface area (Å²) < 4.78 is 5.82. The Morgan fingerprint density at radius 2 is 2.00 bits per heavy atom. The van der Waals surface area contributed by atoms with Crippen molar-refractivity contribution in [3.05, 3.63) is 70.8 Å². The first-order chi connectivity index (χ1) is 15.1. The Hall–Kier alpha value is -2.92. The molecule has 2 N–H and O–H groups in total. The van der Waals surface area contributed by atoms with E-state index in [2.05, 4.69) is 40.2 Å². The highest BCUT2D eigenvalue weighted by molar-refractivity contribution is 5.99. The number of nitrogens with zero attached hydrogens (tertiary/aromatic N) is 2. The molecular formula is C26H27N3O2. The number of ether oxygens (including phenoxy) is 1. The van der Waals surface area contributed by atoms with E-state index in [0.29, 0.717) is 30.3 Å². The third-order valence-corrected chi connectivity index (χ3v) is 7.63. The van der Waals surface area contributed by atoms with Crippen LogP contribution in [0.25, 0.3) is 10.9 Å². The highest BCUT2D eigenvalue weighted by atomic mass is 16.5. The molecule has 5 heteroatoms. The van der Waals surface area contributed by atoms with Gasteiger partial charge in [0.2, 0.25) is 0 Å². The van der Waals surface area contributed by atoms with Crippen LogP contribution in [0.3, 0.4) is 0 Å². The Balaban J connectivity index is 1.37. The SMILES string of the molecule is C[C@H]1OCc2c1c(N)nc1ccc(C(=O)N3C[C@@H](c4ccccc4)[C@H]4CCC[C@H]43)cc21. The molecule has 31 heavy (non-hydrogen) atoms. The van der Waals surface area contributed by atoms with Crippen molar-refractivity contribution in [2.75, 3.05) is 12.3 Å². The number of pyridine rings is 1. The zero-order chi connectivity index (χ0) is 21.1. The van der Waals surface area contributed by atoms with Gasteiger partial charge >= 0.3 is 0 Å². The Morgan fingerprint density at radius 3 is 2.84 bits per heavy atom. The van der Waals surface area contributed by atoms with Crippen LogP contribution in [-0.4, -0.2) is 28.4 Å². The molecule has 4 atom stereocenters. The van der Waals surface area contributed by atoms with Crippen LogP contribution in [0.1, 0.15) is 65.3 Å². The molecule has 0 spiro atoms. The molecule has 0 unspecified atom stereocenters. The average Bonchev–Trinajstić information content (AvgIpc) is 3.49. The first-order valence-electron chi connectivity index (χ1n) is 11.3. The van der Waals surface area contributed by atoms with Gasteiger partial charge in [-0.3, -0.25) is 4.79 Å². The number of carbonyl (C=O) groups excluding carboxylic acids is 1. The topological polar surface area (TPSA) is 68.5 Å². The molecule has 3 aromatic rings. The number of rotatable bonds is 2. The van der Waals surface area contributed by atoms with E-state index in [1.54, 1.807) is 0 Å². The highest BCUT2D eigenvalue weighted by Crippen LogP contribution is 2.47. The van der Waals surface area contributed by atoms with E-state index in [4.69, 9.17) is 10.5 Å². The molecule has 1 amide bonds. The maximum absolute atomic E-state index is 13.7. The lowest BCUT2D eigenvalue weighted by Crippen LogP contribution is -2.36. The zero-order valence-electron chi connectivity index (χ0n) is 17.8. The molecule has 6 rings (SSSR count). The molecule has 2 fully saturated rings. The van der Waals surface area contributed by atoms with Gasteiger partial charge in [0.1, 0.15) is 5.82 Å². The van der Waals surface area contributed by atoms with E-state index < -0.39 is 0 Å². The highest BCUT2D eigenvalue weighted by Gasteiger charge is 2.46. The van der Waals surface area contributed by atoms with Gasteiger partial charge in [0, 0.05) is 35.0 Å². The van der Waals surface area contributed by atoms with Gasteiger partial charge in [0.05, 0.1) is 18.2 Å². The lowest BCUT2D eigenvalue weighted by molar-refractivity contribution is 0.0728. The summed E-state index contributed by atoms with van der Waals surface area (Å²) in [5.41, 5.74) is 11.2. The predicted molar refractivity (Wildman–Crippen MR) is 121 cm³/mol. The van der Waals surface area contributed by atoms with E-state index >= 15 is 0 Å². The third-order valence-electron chi connectivity index (χ3n) is 7.63. The molecule has 1 aromatic heterocycles. The lowest BCUT2D eigenvalue weighted by Gasteiger charge is -2.24. The monoisotopic (exact) mass is 413 g/mol. The van der Waals surface area contributed by atoms with Gasteiger partial charge < -0.3 is 15.4 Å². The van der Waals surface area contributed by atoms with E-state index in [-0.39, 0.29) is 12.0 Å². The van der Waals surface area contributed by atoms with Crippen LogP contribution in [-0.2, 0) is 11.3 Å². The molecule has 2 aromatic carbocycles. The Kier molecular flexibility index (Phi) is 4.29. The van der Waals surface area contributed by atoms with Gasteiger partial charge in [-0.2, -0.15) is 0 Å². The molecule has 0 radical (unpaired) electrons. The number of anilines is 1. The molecule has 1 aliphatic carbocycles. The van der Waals surface area contributed by atoms with E-state index in [0.717, 1.165) is 40.6 Å². The summed E-state index contributed by atoms with van der Waals surface area (Å²) in [5, 5.41) is 0.987. The molecule has 2 aliphatic heterocycles.